The molecule has 0 unspecified atom stereocenters. The molecule has 0 amide bonds. The summed E-state index contributed by atoms with van der Waals surface area (Å²) in [5.74, 6) is 1.31. The van der Waals surface area contributed by atoms with Crippen LogP contribution in [-0.4, -0.2) is 14.5 Å². The quantitative estimate of drug-likeness (QED) is 0.783. The van der Waals surface area contributed by atoms with Gasteiger partial charge in [0.2, 0.25) is 0 Å². The van der Waals surface area contributed by atoms with Gasteiger partial charge in [-0.2, -0.15) is 0 Å². The molecule has 3 rings (SSSR count). The molecule has 2 heterocycles. The highest BCUT2D eigenvalue weighted by Crippen LogP contribution is 2.27. The summed E-state index contributed by atoms with van der Waals surface area (Å²) < 4.78 is 2.00. The van der Waals surface area contributed by atoms with Gasteiger partial charge in [-0.1, -0.05) is 32.0 Å². The number of aryl methyl sites for hydroxylation is 1. The van der Waals surface area contributed by atoms with Gasteiger partial charge in [-0.25, -0.2) is 9.97 Å². The molecule has 0 atom stereocenters. The molecule has 3 aromatic rings. The SMILES string of the molecule is CC(C)c1ccccc1Nc1cc2c(cn1)ncn2C. The minimum absolute atomic E-state index is 0.471. The standard InChI is InChI=1S/C16H18N4/c1-11(2)12-6-4-5-7-13(12)19-16-8-15-14(9-17-16)18-10-20(15)3/h4-11H,1-3H3,(H,17,19). The number of benzene rings is 1. The maximum Gasteiger partial charge on any atom is 0.132 e. The topological polar surface area (TPSA) is 42.7 Å². The first kappa shape index (κ1) is 12.7. The number of nitrogens with zero attached hydrogens (tertiary/aromatic N) is 3. The summed E-state index contributed by atoms with van der Waals surface area (Å²) in [6, 6.07) is 10.4. The molecular formula is C16H18N4. The van der Waals surface area contributed by atoms with Crippen LogP contribution in [0.3, 0.4) is 0 Å². The molecule has 0 bridgehead atoms. The van der Waals surface area contributed by atoms with E-state index in [1.165, 1.54) is 5.56 Å². The number of rotatable bonds is 3. The molecule has 0 spiro atoms. The van der Waals surface area contributed by atoms with Crippen molar-refractivity contribution in [2.24, 2.45) is 7.05 Å². The van der Waals surface area contributed by atoms with Gasteiger partial charge in [-0.05, 0) is 17.5 Å². The Kier molecular flexibility index (Phi) is 3.14. The monoisotopic (exact) mass is 266 g/mol. The van der Waals surface area contributed by atoms with Crippen molar-refractivity contribution >= 4 is 22.5 Å². The van der Waals surface area contributed by atoms with Crippen LogP contribution in [0, 0.1) is 0 Å². The second kappa shape index (κ2) is 4.96. The van der Waals surface area contributed by atoms with Crippen LogP contribution in [0.1, 0.15) is 25.3 Å². The van der Waals surface area contributed by atoms with Crippen molar-refractivity contribution in [3.63, 3.8) is 0 Å². The molecule has 0 saturated heterocycles. The van der Waals surface area contributed by atoms with Crippen LogP contribution in [0.25, 0.3) is 11.0 Å². The van der Waals surface area contributed by atoms with Gasteiger partial charge in [0, 0.05) is 18.8 Å². The van der Waals surface area contributed by atoms with Crippen LogP contribution in [0.15, 0.2) is 42.9 Å². The molecule has 0 aliphatic rings. The fraction of sp³-hybridized carbons (Fsp3) is 0.250. The van der Waals surface area contributed by atoms with E-state index in [-0.39, 0.29) is 0 Å². The van der Waals surface area contributed by atoms with Gasteiger partial charge in [0.05, 0.1) is 18.0 Å². The summed E-state index contributed by atoms with van der Waals surface area (Å²) in [7, 11) is 1.99. The molecule has 1 aromatic carbocycles. The Bertz CT molecular complexity index is 743. The van der Waals surface area contributed by atoms with Crippen molar-refractivity contribution in [3.8, 4) is 0 Å². The largest absolute Gasteiger partial charge is 0.340 e. The molecule has 0 aliphatic carbocycles. The van der Waals surface area contributed by atoms with Gasteiger partial charge in [0.1, 0.15) is 11.3 Å². The molecule has 0 fully saturated rings. The van der Waals surface area contributed by atoms with Crippen molar-refractivity contribution in [1.29, 1.82) is 0 Å². The minimum Gasteiger partial charge on any atom is -0.340 e. The van der Waals surface area contributed by atoms with Crippen LogP contribution in [-0.2, 0) is 7.05 Å². The molecule has 0 saturated carbocycles. The van der Waals surface area contributed by atoms with Crippen molar-refractivity contribution in [3.05, 3.63) is 48.4 Å². The summed E-state index contributed by atoms with van der Waals surface area (Å²) in [6.45, 7) is 4.39. The molecule has 2 aromatic heterocycles. The number of hydrogen-bond donors (Lipinski definition) is 1. The van der Waals surface area contributed by atoms with Crippen LogP contribution in [0.2, 0.25) is 0 Å². The van der Waals surface area contributed by atoms with E-state index in [9.17, 15) is 0 Å². The average molecular weight is 266 g/mol. The van der Waals surface area contributed by atoms with Gasteiger partial charge in [0.25, 0.3) is 0 Å². The maximum atomic E-state index is 4.43. The van der Waals surface area contributed by atoms with Crippen molar-refractivity contribution < 1.29 is 0 Å². The zero-order valence-electron chi connectivity index (χ0n) is 12.0. The molecule has 102 valence electrons. The molecule has 4 nitrogen and oxygen atoms in total. The Hall–Kier alpha value is -2.36. The van der Waals surface area contributed by atoms with Crippen LogP contribution in [0.4, 0.5) is 11.5 Å². The Morgan fingerprint density at radius 2 is 1.95 bits per heavy atom. The maximum absolute atomic E-state index is 4.43. The van der Waals surface area contributed by atoms with E-state index in [4.69, 9.17) is 0 Å². The van der Waals surface area contributed by atoms with E-state index >= 15 is 0 Å². The third-order valence-corrected chi connectivity index (χ3v) is 3.46. The number of para-hydroxylation sites is 1. The zero-order valence-corrected chi connectivity index (χ0v) is 12.0. The number of hydrogen-bond acceptors (Lipinski definition) is 3. The lowest BCUT2D eigenvalue weighted by atomic mass is 10.0. The fourth-order valence-corrected chi connectivity index (χ4v) is 2.35. The van der Waals surface area contributed by atoms with E-state index in [1.807, 2.05) is 23.7 Å². The molecule has 20 heavy (non-hydrogen) atoms. The van der Waals surface area contributed by atoms with E-state index in [2.05, 4.69) is 47.3 Å². The predicted octanol–water partition coefficient (Wildman–Crippen LogP) is 3.84. The second-order valence-corrected chi connectivity index (χ2v) is 5.28. The smallest absolute Gasteiger partial charge is 0.132 e. The highest BCUT2D eigenvalue weighted by molar-refractivity contribution is 5.78. The van der Waals surface area contributed by atoms with Crippen molar-refractivity contribution in [2.75, 3.05) is 5.32 Å². The predicted molar refractivity (Wildman–Crippen MR) is 82.3 cm³/mol. The summed E-state index contributed by atoms with van der Waals surface area (Å²) >= 11 is 0. The lowest BCUT2D eigenvalue weighted by Crippen LogP contribution is -1.99. The number of anilines is 2. The minimum atomic E-state index is 0.471. The van der Waals surface area contributed by atoms with E-state index in [0.29, 0.717) is 5.92 Å². The third-order valence-electron chi connectivity index (χ3n) is 3.46. The molecule has 1 N–H and O–H groups in total. The number of imidazole rings is 1. The van der Waals surface area contributed by atoms with Crippen LogP contribution >= 0.6 is 0 Å². The van der Waals surface area contributed by atoms with Gasteiger partial charge in [0.15, 0.2) is 0 Å². The highest BCUT2D eigenvalue weighted by atomic mass is 15.0. The molecule has 0 radical (unpaired) electrons. The zero-order chi connectivity index (χ0) is 14.1. The Labute approximate surface area is 118 Å². The summed E-state index contributed by atoms with van der Waals surface area (Å²) in [6.07, 6.45) is 3.61. The Morgan fingerprint density at radius 3 is 2.75 bits per heavy atom. The normalized spacial score (nSPS) is 11.2. The van der Waals surface area contributed by atoms with E-state index in [0.717, 1.165) is 22.5 Å². The second-order valence-electron chi connectivity index (χ2n) is 5.28. The van der Waals surface area contributed by atoms with E-state index < -0.39 is 0 Å². The van der Waals surface area contributed by atoms with Crippen LogP contribution < -0.4 is 5.32 Å². The third kappa shape index (κ3) is 2.25. The summed E-state index contributed by atoms with van der Waals surface area (Å²) in [5, 5.41) is 3.41. The van der Waals surface area contributed by atoms with Crippen molar-refractivity contribution in [2.45, 2.75) is 19.8 Å². The number of aromatic nitrogens is 3. The summed E-state index contributed by atoms with van der Waals surface area (Å²) in [5.41, 5.74) is 4.38. The first-order valence-corrected chi connectivity index (χ1v) is 6.78. The van der Waals surface area contributed by atoms with Crippen molar-refractivity contribution in [1.82, 2.24) is 14.5 Å². The summed E-state index contributed by atoms with van der Waals surface area (Å²) in [4.78, 5) is 8.71. The van der Waals surface area contributed by atoms with Gasteiger partial charge in [-0.3, -0.25) is 0 Å². The average Bonchev–Trinajstić information content (AvgIpc) is 2.81. The van der Waals surface area contributed by atoms with Gasteiger partial charge < -0.3 is 9.88 Å². The number of pyridine rings is 1. The first-order chi connectivity index (χ1) is 9.65. The van der Waals surface area contributed by atoms with Gasteiger partial charge >= 0.3 is 0 Å². The lowest BCUT2D eigenvalue weighted by molar-refractivity contribution is 0.869. The molecule has 0 aliphatic heterocycles. The lowest BCUT2D eigenvalue weighted by Gasteiger charge is -2.14. The van der Waals surface area contributed by atoms with Crippen LogP contribution in [0.5, 0.6) is 0 Å². The van der Waals surface area contributed by atoms with E-state index in [1.54, 1.807) is 12.5 Å². The first-order valence-electron chi connectivity index (χ1n) is 6.78. The Balaban J connectivity index is 1.99. The molecule has 4 heteroatoms. The van der Waals surface area contributed by atoms with Gasteiger partial charge in [-0.15, -0.1) is 0 Å². The highest BCUT2D eigenvalue weighted by Gasteiger charge is 2.07. The number of nitrogens with one attached hydrogen (secondary N) is 1. The Morgan fingerprint density at radius 1 is 1.15 bits per heavy atom. The molecular weight excluding hydrogens is 248 g/mol. The number of fused-ring (bicyclic) bond motifs is 1. The fourth-order valence-electron chi connectivity index (χ4n) is 2.35.